The summed E-state index contributed by atoms with van der Waals surface area (Å²) in [5.74, 6) is -13.4. The molecule has 0 saturated carbocycles. The summed E-state index contributed by atoms with van der Waals surface area (Å²) in [4.78, 5) is 61.1. The Morgan fingerprint density at radius 1 is 1.07 bits per heavy atom. The van der Waals surface area contributed by atoms with Gasteiger partial charge in [0.2, 0.25) is 29.5 Å². The molecule has 0 aromatic carbocycles. The third-order valence-corrected chi connectivity index (χ3v) is 7.40. The molecule has 44 heavy (non-hydrogen) atoms. The summed E-state index contributed by atoms with van der Waals surface area (Å²) in [6.07, 6.45) is -1.52. The molecule has 12 nitrogen and oxygen atoms in total. The molecule has 0 bridgehead atoms. The lowest BCUT2D eigenvalue weighted by atomic mass is 9.90. The SMILES string of the molecule is CC(C)CC1C(=O)N[C@H](C)[C@H](NC(=O)c2ncccc2O)C(=O)N[C@@H](Cc2c(F)nc(F)c(F)c2F)[C@@H](O)[C@@H](C)C(=O)N1C. The number of likely N-dealkylation sites (N-methyl/N-ethyl adjacent to an activating group) is 1. The second-order valence-corrected chi connectivity index (χ2v) is 11.1. The van der Waals surface area contributed by atoms with E-state index in [1.54, 1.807) is 13.8 Å². The van der Waals surface area contributed by atoms with E-state index in [1.807, 2.05) is 0 Å². The van der Waals surface area contributed by atoms with Crippen LogP contribution in [0.1, 0.15) is 50.2 Å². The molecular weight excluding hydrogens is 592 g/mol. The summed E-state index contributed by atoms with van der Waals surface area (Å²) in [5.41, 5.74) is -1.58. The van der Waals surface area contributed by atoms with E-state index in [2.05, 4.69) is 25.9 Å². The van der Waals surface area contributed by atoms with Crippen LogP contribution in [0.2, 0.25) is 0 Å². The zero-order chi connectivity index (χ0) is 33.0. The third-order valence-electron chi connectivity index (χ3n) is 7.40. The molecule has 0 radical (unpaired) electrons. The minimum atomic E-state index is -2.09. The van der Waals surface area contributed by atoms with Crippen molar-refractivity contribution in [1.29, 1.82) is 0 Å². The van der Waals surface area contributed by atoms with Gasteiger partial charge in [0, 0.05) is 25.2 Å². The van der Waals surface area contributed by atoms with Crippen LogP contribution in [0.4, 0.5) is 17.6 Å². The second kappa shape index (κ2) is 14.0. The van der Waals surface area contributed by atoms with Crippen LogP contribution in [0.5, 0.6) is 5.75 Å². The zero-order valence-electron chi connectivity index (χ0n) is 24.6. The Morgan fingerprint density at radius 2 is 1.73 bits per heavy atom. The zero-order valence-corrected chi connectivity index (χ0v) is 24.6. The fraction of sp³-hybridized carbons (Fsp3) is 0.500. The van der Waals surface area contributed by atoms with Gasteiger partial charge in [0.05, 0.1) is 24.1 Å². The molecule has 240 valence electrons. The van der Waals surface area contributed by atoms with Crippen molar-refractivity contribution in [2.75, 3.05) is 7.05 Å². The summed E-state index contributed by atoms with van der Waals surface area (Å²) in [6.45, 7) is 6.20. The highest BCUT2D eigenvalue weighted by molar-refractivity contribution is 5.98. The van der Waals surface area contributed by atoms with E-state index in [9.17, 15) is 47.0 Å². The Bertz CT molecular complexity index is 1430. The first kappa shape index (κ1) is 34.2. The standard InChI is InChI=1S/C28H34F4N6O6/c1-11(2)9-16-25(41)34-13(4)20(36-27(43)21-17(39)7-6-8-33-21)26(42)35-15(22(40)12(3)28(44)38(16)5)10-14-18(29)19(30)24(32)37-23(14)31/h6-8,11-13,15-16,20,22,39-40H,9-10H2,1-5H3,(H,34,41)(H,35,42)(H,36,43)/t12-,13-,15+,16?,20+,22+/m1/s1. The van der Waals surface area contributed by atoms with Crippen LogP contribution >= 0.6 is 0 Å². The predicted octanol–water partition coefficient (Wildman–Crippen LogP) is 0.953. The summed E-state index contributed by atoms with van der Waals surface area (Å²) >= 11 is 0. The van der Waals surface area contributed by atoms with Crippen molar-refractivity contribution in [2.45, 2.75) is 70.8 Å². The number of aliphatic hydroxyl groups excluding tert-OH is 1. The lowest BCUT2D eigenvalue weighted by Crippen LogP contribution is -2.64. The van der Waals surface area contributed by atoms with E-state index in [0.717, 1.165) is 4.90 Å². The number of nitrogens with zero attached hydrogens (tertiary/aromatic N) is 3. The largest absolute Gasteiger partial charge is 0.505 e. The van der Waals surface area contributed by atoms with E-state index in [0.29, 0.717) is 0 Å². The molecule has 0 aliphatic carbocycles. The molecule has 2 aromatic rings. The number of aromatic nitrogens is 2. The Hall–Kier alpha value is -4.34. The van der Waals surface area contributed by atoms with Crippen molar-refractivity contribution in [3.63, 3.8) is 0 Å². The lowest BCUT2D eigenvalue weighted by molar-refractivity contribution is -0.146. The van der Waals surface area contributed by atoms with Crippen LogP contribution in [0.25, 0.3) is 0 Å². The molecular formula is C28H34F4N6O6. The molecule has 1 fully saturated rings. The van der Waals surface area contributed by atoms with Gasteiger partial charge in [-0.2, -0.15) is 18.2 Å². The van der Waals surface area contributed by atoms with Gasteiger partial charge in [0.1, 0.15) is 17.8 Å². The summed E-state index contributed by atoms with van der Waals surface area (Å²) < 4.78 is 56.7. The number of carbonyl (C=O) groups excluding carboxylic acids is 4. The highest BCUT2D eigenvalue weighted by atomic mass is 19.2. The van der Waals surface area contributed by atoms with E-state index < -0.39 is 107 Å². The van der Waals surface area contributed by atoms with Crippen LogP contribution in [-0.2, 0) is 20.8 Å². The van der Waals surface area contributed by atoms with Crippen LogP contribution in [0.3, 0.4) is 0 Å². The van der Waals surface area contributed by atoms with Gasteiger partial charge in [-0.1, -0.05) is 20.8 Å². The van der Waals surface area contributed by atoms with Crippen molar-refractivity contribution in [1.82, 2.24) is 30.8 Å². The van der Waals surface area contributed by atoms with Crippen LogP contribution < -0.4 is 16.0 Å². The summed E-state index contributed by atoms with van der Waals surface area (Å²) in [7, 11) is 1.32. The number of halogens is 4. The monoisotopic (exact) mass is 626 g/mol. The van der Waals surface area contributed by atoms with Gasteiger partial charge in [-0.15, -0.1) is 0 Å². The Kier molecular flexibility index (Phi) is 10.8. The first-order valence-corrected chi connectivity index (χ1v) is 13.7. The van der Waals surface area contributed by atoms with Crippen molar-refractivity contribution in [3.8, 4) is 5.75 Å². The van der Waals surface area contributed by atoms with Gasteiger partial charge in [-0.25, -0.2) is 9.37 Å². The van der Waals surface area contributed by atoms with E-state index in [4.69, 9.17) is 0 Å². The number of carbonyl (C=O) groups is 4. The first-order chi connectivity index (χ1) is 20.5. The Morgan fingerprint density at radius 3 is 2.34 bits per heavy atom. The van der Waals surface area contributed by atoms with Gasteiger partial charge in [0.15, 0.2) is 11.5 Å². The molecule has 1 unspecified atom stereocenters. The molecule has 2 aromatic heterocycles. The minimum Gasteiger partial charge on any atom is -0.505 e. The molecule has 1 aliphatic rings. The maximum atomic E-state index is 14.6. The van der Waals surface area contributed by atoms with E-state index in [1.165, 1.54) is 39.2 Å². The molecule has 0 spiro atoms. The molecule has 4 amide bonds. The number of aliphatic hydroxyl groups is 1. The average Bonchev–Trinajstić information content (AvgIpc) is 2.96. The van der Waals surface area contributed by atoms with Crippen LogP contribution in [-0.4, -0.2) is 86.0 Å². The maximum absolute atomic E-state index is 14.6. The van der Waals surface area contributed by atoms with Crippen molar-refractivity contribution < 1.29 is 47.0 Å². The molecule has 3 rings (SSSR count). The molecule has 5 N–H and O–H groups in total. The van der Waals surface area contributed by atoms with Gasteiger partial charge >= 0.3 is 0 Å². The first-order valence-electron chi connectivity index (χ1n) is 13.7. The van der Waals surface area contributed by atoms with Crippen molar-refractivity contribution >= 4 is 23.6 Å². The van der Waals surface area contributed by atoms with E-state index >= 15 is 0 Å². The highest BCUT2D eigenvalue weighted by Gasteiger charge is 2.41. The lowest BCUT2D eigenvalue weighted by Gasteiger charge is -2.37. The Balaban J connectivity index is 2.11. The molecule has 6 atom stereocenters. The molecule has 16 heteroatoms. The number of pyridine rings is 2. The van der Waals surface area contributed by atoms with Crippen molar-refractivity contribution in [2.24, 2.45) is 11.8 Å². The quantitative estimate of drug-likeness (QED) is 0.233. The number of nitrogens with one attached hydrogen (secondary N) is 3. The topological polar surface area (TPSA) is 174 Å². The molecule has 1 aliphatic heterocycles. The maximum Gasteiger partial charge on any atom is 0.274 e. The minimum absolute atomic E-state index is 0.102. The smallest absolute Gasteiger partial charge is 0.274 e. The third kappa shape index (κ3) is 7.41. The van der Waals surface area contributed by atoms with Gasteiger partial charge in [-0.05, 0) is 31.4 Å². The normalized spacial score (nSPS) is 25.2. The van der Waals surface area contributed by atoms with Crippen LogP contribution in [0.15, 0.2) is 18.3 Å². The predicted molar refractivity (Wildman–Crippen MR) is 146 cm³/mol. The Labute approximate surface area is 250 Å². The van der Waals surface area contributed by atoms with Gasteiger partial charge in [0.25, 0.3) is 11.9 Å². The molecule has 1 saturated heterocycles. The van der Waals surface area contributed by atoms with Crippen LogP contribution in [0, 0.1) is 35.4 Å². The average molecular weight is 627 g/mol. The number of hydrogen-bond acceptors (Lipinski definition) is 8. The number of amides is 4. The van der Waals surface area contributed by atoms with Gasteiger partial charge < -0.3 is 31.1 Å². The fourth-order valence-electron chi connectivity index (χ4n) is 4.90. The number of rotatable bonds is 6. The van der Waals surface area contributed by atoms with Gasteiger partial charge in [-0.3, -0.25) is 19.2 Å². The highest BCUT2D eigenvalue weighted by Crippen LogP contribution is 2.23. The van der Waals surface area contributed by atoms with Crippen molar-refractivity contribution in [3.05, 3.63) is 53.1 Å². The number of aromatic hydroxyl groups is 1. The summed E-state index contributed by atoms with van der Waals surface area (Å²) in [5, 5.41) is 28.6. The fourth-order valence-corrected chi connectivity index (χ4v) is 4.90. The summed E-state index contributed by atoms with van der Waals surface area (Å²) in [6, 6.07) is -3.15. The molecule has 3 heterocycles. The second-order valence-electron chi connectivity index (χ2n) is 11.1. The van der Waals surface area contributed by atoms with E-state index in [-0.39, 0.29) is 12.3 Å². The number of hydrogen-bond donors (Lipinski definition) is 5.